The molecule has 1 aromatic heterocycles. The second-order valence-electron chi connectivity index (χ2n) is 4.99. The minimum Gasteiger partial charge on any atom is -0.491 e. The van der Waals surface area contributed by atoms with Crippen LogP contribution in [0.4, 0.5) is 13.2 Å². The monoisotopic (exact) mass is 319 g/mol. The van der Waals surface area contributed by atoms with E-state index in [-0.39, 0.29) is 11.1 Å². The summed E-state index contributed by atoms with van der Waals surface area (Å²) >= 11 is 0. The molecule has 0 spiro atoms. The Morgan fingerprint density at radius 3 is 2.35 bits per heavy atom. The van der Waals surface area contributed by atoms with Crippen LogP contribution in [0.15, 0.2) is 53.3 Å². The molecule has 0 bridgehead atoms. The van der Waals surface area contributed by atoms with Gasteiger partial charge in [0.25, 0.3) is 5.56 Å². The highest BCUT2D eigenvalue weighted by atomic mass is 19.4. The number of aromatic nitrogens is 1. The van der Waals surface area contributed by atoms with E-state index in [1.807, 2.05) is 0 Å². The van der Waals surface area contributed by atoms with Crippen LogP contribution < -0.4 is 10.3 Å². The van der Waals surface area contributed by atoms with E-state index in [9.17, 15) is 18.0 Å². The van der Waals surface area contributed by atoms with Crippen LogP contribution in [0.25, 0.3) is 22.0 Å². The standard InChI is InChI=1S/C17H12F3NO2/c1-23-15-14(10-5-3-2-4-6-10)12-9-11(17(18,19)20)7-8-13(12)21-16(15)22/h2-9H,1H3,(H,21,22). The Hall–Kier alpha value is -2.76. The van der Waals surface area contributed by atoms with Crippen molar-refractivity contribution in [2.75, 3.05) is 7.11 Å². The van der Waals surface area contributed by atoms with E-state index in [0.717, 1.165) is 12.1 Å². The second-order valence-corrected chi connectivity index (χ2v) is 4.99. The SMILES string of the molecule is COc1c(-c2ccccc2)c2cc(C(F)(F)F)ccc2[nH]c1=O. The Bertz CT molecular complexity index is 915. The molecule has 0 aliphatic rings. The first-order chi connectivity index (χ1) is 10.9. The highest BCUT2D eigenvalue weighted by molar-refractivity contribution is 5.97. The topological polar surface area (TPSA) is 42.1 Å². The minimum atomic E-state index is -4.47. The fraction of sp³-hybridized carbons (Fsp3) is 0.118. The third kappa shape index (κ3) is 2.67. The minimum absolute atomic E-state index is 0.0111. The summed E-state index contributed by atoms with van der Waals surface area (Å²) < 4.78 is 44.2. The highest BCUT2D eigenvalue weighted by Gasteiger charge is 2.31. The molecular formula is C17H12F3NO2. The molecule has 3 nitrogen and oxygen atoms in total. The number of rotatable bonds is 2. The average molecular weight is 319 g/mol. The number of halogens is 3. The molecule has 0 atom stereocenters. The number of hydrogen-bond donors (Lipinski definition) is 1. The van der Waals surface area contributed by atoms with E-state index < -0.39 is 17.3 Å². The summed E-state index contributed by atoms with van der Waals surface area (Å²) in [4.78, 5) is 14.7. The average Bonchev–Trinajstić information content (AvgIpc) is 2.53. The molecule has 0 fully saturated rings. The Morgan fingerprint density at radius 2 is 1.74 bits per heavy atom. The molecule has 3 rings (SSSR count). The molecule has 1 heterocycles. The summed E-state index contributed by atoms with van der Waals surface area (Å²) in [6.07, 6.45) is -4.47. The number of alkyl halides is 3. The van der Waals surface area contributed by atoms with Crippen molar-refractivity contribution in [3.63, 3.8) is 0 Å². The van der Waals surface area contributed by atoms with Gasteiger partial charge in [-0.25, -0.2) is 0 Å². The molecule has 0 radical (unpaired) electrons. The molecule has 6 heteroatoms. The number of hydrogen-bond acceptors (Lipinski definition) is 2. The number of ether oxygens (including phenoxy) is 1. The number of nitrogens with one attached hydrogen (secondary N) is 1. The molecule has 3 aromatic rings. The summed E-state index contributed by atoms with van der Waals surface area (Å²) in [5.41, 5.74) is 0.00951. The molecule has 0 saturated heterocycles. The molecule has 118 valence electrons. The van der Waals surface area contributed by atoms with Gasteiger partial charge in [0.1, 0.15) is 0 Å². The first-order valence-corrected chi connectivity index (χ1v) is 6.78. The van der Waals surface area contributed by atoms with Crippen molar-refractivity contribution < 1.29 is 17.9 Å². The molecule has 0 unspecified atom stereocenters. The van der Waals surface area contributed by atoms with Crippen LogP contribution in [0.1, 0.15) is 5.56 Å². The molecular weight excluding hydrogens is 307 g/mol. The predicted molar refractivity (Wildman–Crippen MR) is 81.6 cm³/mol. The van der Waals surface area contributed by atoms with Gasteiger partial charge in [-0.15, -0.1) is 0 Å². The zero-order chi connectivity index (χ0) is 16.6. The Morgan fingerprint density at radius 1 is 1.04 bits per heavy atom. The van der Waals surface area contributed by atoms with Gasteiger partial charge in [-0.3, -0.25) is 4.79 Å². The van der Waals surface area contributed by atoms with Crippen LogP contribution in [0.2, 0.25) is 0 Å². The van der Waals surface area contributed by atoms with E-state index >= 15 is 0 Å². The lowest BCUT2D eigenvalue weighted by atomic mass is 9.98. The molecule has 0 aliphatic heterocycles. The maximum atomic E-state index is 13.0. The maximum Gasteiger partial charge on any atom is 0.416 e. The molecule has 1 N–H and O–H groups in total. The normalized spacial score (nSPS) is 11.7. The quantitative estimate of drug-likeness (QED) is 0.768. The van der Waals surface area contributed by atoms with Crippen LogP contribution in [-0.4, -0.2) is 12.1 Å². The summed E-state index contributed by atoms with van der Waals surface area (Å²) in [5, 5.41) is 0.280. The molecule has 23 heavy (non-hydrogen) atoms. The number of benzene rings is 2. The van der Waals surface area contributed by atoms with Crippen LogP contribution in [0.5, 0.6) is 5.75 Å². The maximum absolute atomic E-state index is 13.0. The zero-order valence-corrected chi connectivity index (χ0v) is 12.1. The summed E-state index contributed by atoms with van der Waals surface area (Å²) in [5.74, 6) is -0.0111. The van der Waals surface area contributed by atoms with Gasteiger partial charge in [-0.05, 0) is 23.8 Å². The smallest absolute Gasteiger partial charge is 0.416 e. The molecule has 0 amide bonds. The molecule has 2 aromatic carbocycles. The number of pyridine rings is 1. The van der Waals surface area contributed by atoms with E-state index in [0.29, 0.717) is 16.6 Å². The summed E-state index contributed by atoms with van der Waals surface area (Å²) in [6, 6.07) is 11.9. The van der Waals surface area contributed by atoms with Gasteiger partial charge in [-0.2, -0.15) is 13.2 Å². The number of methoxy groups -OCH3 is 1. The lowest BCUT2D eigenvalue weighted by Crippen LogP contribution is -2.12. The highest BCUT2D eigenvalue weighted by Crippen LogP contribution is 2.37. The Balaban J connectivity index is 2.44. The van der Waals surface area contributed by atoms with Gasteiger partial charge < -0.3 is 9.72 Å². The Kier molecular flexibility index (Phi) is 3.60. The second kappa shape index (κ2) is 5.46. The summed E-state index contributed by atoms with van der Waals surface area (Å²) in [6.45, 7) is 0. The first-order valence-electron chi connectivity index (χ1n) is 6.78. The van der Waals surface area contributed by atoms with E-state index in [4.69, 9.17) is 4.74 Å². The lowest BCUT2D eigenvalue weighted by molar-refractivity contribution is -0.137. The van der Waals surface area contributed by atoms with Gasteiger partial charge in [0, 0.05) is 16.5 Å². The summed E-state index contributed by atoms with van der Waals surface area (Å²) in [7, 11) is 1.32. The van der Waals surface area contributed by atoms with Crippen molar-refractivity contribution >= 4 is 10.9 Å². The van der Waals surface area contributed by atoms with Crippen LogP contribution >= 0.6 is 0 Å². The lowest BCUT2D eigenvalue weighted by Gasteiger charge is -2.14. The van der Waals surface area contributed by atoms with Crippen LogP contribution in [0, 0.1) is 0 Å². The third-order valence-electron chi connectivity index (χ3n) is 3.56. The largest absolute Gasteiger partial charge is 0.491 e. The first kappa shape index (κ1) is 15.1. The zero-order valence-electron chi connectivity index (χ0n) is 12.1. The third-order valence-corrected chi connectivity index (χ3v) is 3.56. The number of fused-ring (bicyclic) bond motifs is 1. The van der Waals surface area contributed by atoms with Gasteiger partial charge in [0.2, 0.25) is 0 Å². The number of H-pyrrole nitrogens is 1. The fourth-order valence-corrected chi connectivity index (χ4v) is 2.54. The number of aromatic amines is 1. The van der Waals surface area contributed by atoms with E-state index in [1.54, 1.807) is 30.3 Å². The van der Waals surface area contributed by atoms with Crippen molar-refractivity contribution in [1.29, 1.82) is 0 Å². The van der Waals surface area contributed by atoms with Crippen LogP contribution in [0.3, 0.4) is 0 Å². The van der Waals surface area contributed by atoms with E-state index in [1.165, 1.54) is 13.2 Å². The van der Waals surface area contributed by atoms with Crippen molar-refractivity contribution in [2.45, 2.75) is 6.18 Å². The van der Waals surface area contributed by atoms with E-state index in [2.05, 4.69) is 4.98 Å². The van der Waals surface area contributed by atoms with Gasteiger partial charge >= 0.3 is 6.18 Å². The van der Waals surface area contributed by atoms with Crippen molar-refractivity contribution in [3.05, 3.63) is 64.4 Å². The van der Waals surface area contributed by atoms with Gasteiger partial charge in [0.15, 0.2) is 5.75 Å². The predicted octanol–water partition coefficient (Wildman–Crippen LogP) is 4.22. The van der Waals surface area contributed by atoms with Gasteiger partial charge in [0.05, 0.1) is 12.7 Å². The fourth-order valence-electron chi connectivity index (χ4n) is 2.54. The molecule has 0 aliphatic carbocycles. The molecule has 0 saturated carbocycles. The Labute approximate surface area is 129 Å². The van der Waals surface area contributed by atoms with Crippen LogP contribution in [-0.2, 0) is 6.18 Å². The van der Waals surface area contributed by atoms with Crippen molar-refractivity contribution in [1.82, 2.24) is 4.98 Å². The van der Waals surface area contributed by atoms with Crippen molar-refractivity contribution in [2.24, 2.45) is 0 Å². The van der Waals surface area contributed by atoms with Gasteiger partial charge in [-0.1, -0.05) is 30.3 Å². The van der Waals surface area contributed by atoms with Crippen molar-refractivity contribution in [3.8, 4) is 16.9 Å².